The second-order valence-corrected chi connectivity index (χ2v) is 5.46. The molecule has 0 unspecified atom stereocenters. The predicted molar refractivity (Wildman–Crippen MR) is 83.6 cm³/mol. The van der Waals surface area contributed by atoms with Crippen LogP contribution in [-0.4, -0.2) is 38.1 Å². The van der Waals surface area contributed by atoms with Gasteiger partial charge in [0.2, 0.25) is 0 Å². The Morgan fingerprint density at radius 3 is 2.50 bits per heavy atom. The van der Waals surface area contributed by atoms with E-state index >= 15 is 0 Å². The molecule has 0 spiro atoms. The Hall–Kier alpha value is -1.71. The summed E-state index contributed by atoms with van der Waals surface area (Å²) in [5.74, 6) is -2.36. The fraction of sp³-hybridized carbons (Fsp3) is 0.357. The molecule has 6 nitrogen and oxygen atoms in total. The molecule has 0 radical (unpaired) electrons. The number of halogens is 2. The molecule has 0 bridgehead atoms. The highest BCUT2D eigenvalue weighted by atomic mass is 127. The van der Waals surface area contributed by atoms with Crippen LogP contribution in [0.4, 0.5) is 4.39 Å². The molecule has 0 aliphatic carbocycles. The lowest BCUT2D eigenvalue weighted by molar-refractivity contribution is -0.144. The van der Waals surface area contributed by atoms with E-state index in [1.54, 1.807) is 22.6 Å². The van der Waals surface area contributed by atoms with Crippen LogP contribution in [0.3, 0.4) is 0 Å². The smallest absolute Gasteiger partial charge is 0.328 e. The van der Waals surface area contributed by atoms with E-state index in [1.165, 1.54) is 26.4 Å². The number of ether oxygens (including phenoxy) is 2. The number of carbonyl (C=O) groups is 3. The van der Waals surface area contributed by atoms with Crippen LogP contribution in [0.15, 0.2) is 18.2 Å². The zero-order chi connectivity index (χ0) is 16.7. The van der Waals surface area contributed by atoms with Gasteiger partial charge in [-0.05, 0) is 47.2 Å². The molecule has 0 saturated heterocycles. The highest BCUT2D eigenvalue weighted by molar-refractivity contribution is 14.1. The molecular formula is C14H15FINO5. The number of nitrogens with one attached hydrogen (secondary N) is 1. The van der Waals surface area contributed by atoms with Crippen molar-refractivity contribution in [1.82, 2.24) is 5.32 Å². The Labute approximate surface area is 140 Å². The molecule has 1 aromatic rings. The van der Waals surface area contributed by atoms with Gasteiger partial charge in [0.15, 0.2) is 0 Å². The van der Waals surface area contributed by atoms with Crippen molar-refractivity contribution in [1.29, 1.82) is 0 Å². The van der Waals surface area contributed by atoms with E-state index in [0.29, 0.717) is 3.57 Å². The van der Waals surface area contributed by atoms with Crippen molar-refractivity contribution in [3.8, 4) is 0 Å². The van der Waals surface area contributed by atoms with Gasteiger partial charge in [-0.1, -0.05) is 0 Å². The summed E-state index contributed by atoms with van der Waals surface area (Å²) in [4.78, 5) is 34.8. The number of hydrogen-bond donors (Lipinski definition) is 1. The normalized spacial score (nSPS) is 11.5. The summed E-state index contributed by atoms with van der Waals surface area (Å²) in [6, 6.07) is 2.95. The number of methoxy groups -OCH3 is 2. The van der Waals surface area contributed by atoms with E-state index in [0.717, 1.165) is 6.07 Å². The van der Waals surface area contributed by atoms with Gasteiger partial charge >= 0.3 is 11.9 Å². The molecule has 1 aromatic carbocycles. The fourth-order valence-electron chi connectivity index (χ4n) is 1.63. The van der Waals surface area contributed by atoms with Crippen molar-refractivity contribution in [3.63, 3.8) is 0 Å². The first kappa shape index (κ1) is 18.3. The van der Waals surface area contributed by atoms with Crippen LogP contribution in [0.5, 0.6) is 0 Å². The molecule has 0 heterocycles. The van der Waals surface area contributed by atoms with Gasteiger partial charge in [-0.3, -0.25) is 9.59 Å². The molecule has 1 N–H and O–H groups in total. The van der Waals surface area contributed by atoms with Crippen LogP contribution < -0.4 is 5.32 Å². The van der Waals surface area contributed by atoms with E-state index in [2.05, 4.69) is 14.8 Å². The van der Waals surface area contributed by atoms with Crippen LogP contribution in [0.2, 0.25) is 0 Å². The highest BCUT2D eigenvalue weighted by Gasteiger charge is 2.23. The van der Waals surface area contributed by atoms with Gasteiger partial charge in [0.05, 0.1) is 14.2 Å². The standard InChI is InChI=1S/C14H15FINO5/c1-21-12(18)6-5-11(14(20)22-2)17-13(19)8-3-4-10(16)9(15)7-8/h3-4,7,11H,5-6H2,1-2H3,(H,17,19)/t11-/m0/s1. The molecule has 0 aliphatic rings. The van der Waals surface area contributed by atoms with E-state index in [1.807, 2.05) is 0 Å². The molecule has 120 valence electrons. The van der Waals surface area contributed by atoms with Gasteiger partial charge in [0.25, 0.3) is 5.91 Å². The second-order valence-electron chi connectivity index (χ2n) is 4.29. The molecular weight excluding hydrogens is 408 g/mol. The van der Waals surface area contributed by atoms with Gasteiger partial charge in [-0.25, -0.2) is 9.18 Å². The maximum atomic E-state index is 13.5. The zero-order valence-electron chi connectivity index (χ0n) is 12.0. The summed E-state index contributed by atoms with van der Waals surface area (Å²) in [5.41, 5.74) is 0.0740. The van der Waals surface area contributed by atoms with Gasteiger partial charge < -0.3 is 14.8 Å². The summed E-state index contributed by atoms with van der Waals surface area (Å²) in [7, 11) is 2.40. The minimum Gasteiger partial charge on any atom is -0.469 e. The first-order valence-electron chi connectivity index (χ1n) is 6.29. The van der Waals surface area contributed by atoms with E-state index in [4.69, 9.17) is 0 Å². The third-order valence-corrected chi connectivity index (χ3v) is 3.71. The average molecular weight is 423 g/mol. The SMILES string of the molecule is COC(=O)CC[C@H](NC(=O)c1ccc(I)c(F)c1)C(=O)OC. The summed E-state index contributed by atoms with van der Waals surface area (Å²) in [6.07, 6.45) is -0.0322. The number of benzene rings is 1. The third-order valence-electron chi connectivity index (χ3n) is 2.84. The topological polar surface area (TPSA) is 81.7 Å². The number of esters is 2. The highest BCUT2D eigenvalue weighted by Crippen LogP contribution is 2.13. The summed E-state index contributed by atoms with van der Waals surface area (Å²) in [5, 5.41) is 2.42. The lowest BCUT2D eigenvalue weighted by Gasteiger charge is -2.16. The van der Waals surface area contributed by atoms with E-state index < -0.39 is 29.7 Å². The molecule has 1 amide bonds. The quantitative estimate of drug-likeness (QED) is 0.556. The Balaban J connectivity index is 2.79. The monoisotopic (exact) mass is 423 g/mol. The number of carbonyl (C=O) groups excluding carboxylic acids is 3. The molecule has 0 aromatic heterocycles. The molecule has 0 fully saturated rings. The molecule has 22 heavy (non-hydrogen) atoms. The number of hydrogen-bond acceptors (Lipinski definition) is 5. The average Bonchev–Trinajstić information content (AvgIpc) is 2.52. The van der Waals surface area contributed by atoms with Crippen LogP contribution in [0, 0.1) is 9.39 Å². The molecule has 8 heteroatoms. The molecule has 0 saturated carbocycles. The van der Waals surface area contributed by atoms with Crippen molar-refractivity contribution in [2.24, 2.45) is 0 Å². The van der Waals surface area contributed by atoms with Crippen molar-refractivity contribution >= 4 is 40.4 Å². The predicted octanol–water partition coefficient (Wildman–Crippen LogP) is 1.65. The maximum absolute atomic E-state index is 13.5. The van der Waals surface area contributed by atoms with Crippen molar-refractivity contribution in [2.75, 3.05) is 14.2 Å². The maximum Gasteiger partial charge on any atom is 0.328 e. The van der Waals surface area contributed by atoms with Gasteiger partial charge in [0, 0.05) is 15.6 Å². The summed E-state index contributed by atoms with van der Waals surface area (Å²) >= 11 is 1.80. The lowest BCUT2D eigenvalue weighted by Crippen LogP contribution is -2.41. The first-order valence-corrected chi connectivity index (χ1v) is 7.37. The van der Waals surface area contributed by atoms with Crippen molar-refractivity contribution in [2.45, 2.75) is 18.9 Å². The van der Waals surface area contributed by atoms with E-state index in [9.17, 15) is 18.8 Å². The van der Waals surface area contributed by atoms with Gasteiger partial charge in [0.1, 0.15) is 11.9 Å². The Morgan fingerprint density at radius 1 is 1.27 bits per heavy atom. The van der Waals surface area contributed by atoms with Crippen molar-refractivity contribution in [3.05, 3.63) is 33.1 Å². The Kier molecular flexibility index (Phi) is 7.22. The second kappa shape index (κ2) is 8.66. The van der Waals surface area contributed by atoms with Crippen LogP contribution in [0.1, 0.15) is 23.2 Å². The van der Waals surface area contributed by atoms with Gasteiger partial charge in [-0.15, -0.1) is 0 Å². The fourth-order valence-corrected chi connectivity index (χ4v) is 1.97. The third kappa shape index (κ3) is 5.24. The van der Waals surface area contributed by atoms with Crippen LogP contribution >= 0.6 is 22.6 Å². The molecule has 1 atom stereocenters. The molecule has 1 rings (SSSR count). The minimum absolute atomic E-state index is 0.0257. The largest absolute Gasteiger partial charge is 0.469 e. The van der Waals surface area contributed by atoms with Gasteiger partial charge in [-0.2, -0.15) is 0 Å². The first-order chi connectivity index (χ1) is 10.4. The summed E-state index contributed by atoms with van der Waals surface area (Å²) in [6.45, 7) is 0. The lowest BCUT2D eigenvalue weighted by atomic mass is 10.1. The Morgan fingerprint density at radius 2 is 1.95 bits per heavy atom. The van der Waals surface area contributed by atoms with Crippen LogP contribution in [-0.2, 0) is 19.1 Å². The van der Waals surface area contributed by atoms with E-state index in [-0.39, 0.29) is 18.4 Å². The number of rotatable bonds is 6. The molecule has 0 aliphatic heterocycles. The summed E-state index contributed by atoms with van der Waals surface area (Å²) < 4.78 is 22.9. The van der Waals surface area contributed by atoms with Crippen LogP contribution in [0.25, 0.3) is 0 Å². The number of amides is 1. The Bertz CT molecular complexity index is 578. The zero-order valence-corrected chi connectivity index (χ0v) is 14.2. The minimum atomic E-state index is -1.01. The van der Waals surface area contributed by atoms with Crippen molar-refractivity contribution < 1.29 is 28.2 Å².